The molecule has 0 aliphatic heterocycles. The van der Waals surface area contributed by atoms with Crippen molar-refractivity contribution in [1.29, 1.82) is 0 Å². The van der Waals surface area contributed by atoms with Gasteiger partial charge in [0.1, 0.15) is 5.82 Å². The number of halogens is 2. The molecule has 8 heteroatoms. The largest absolute Gasteiger partial charge is 0.478 e. The number of nitrogens with zero attached hydrogens (tertiary/aromatic N) is 2. The van der Waals surface area contributed by atoms with Gasteiger partial charge < -0.3 is 15.7 Å². The number of aryl methyl sites for hydroxylation is 1. The van der Waals surface area contributed by atoms with E-state index in [1.54, 1.807) is 18.3 Å². The molecule has 0 saturated heterocycles. The summed E-state index contributed by atoms with van der Waals surface area (Å²) >= 11 is 9.30. The Bertz CT molecular complexity index is 983. The monoisotopic (exact) mass is 446 g/mol. The molecule has 3 N–H and O–H groups in total. The molecule has 2 aromatic carbocycles. The molecule has 3 rings (SSSR count). The Balaban J connectivity index is 1.77. The number of hydrogen-bond acceptors (Lipinski definition) is 5. The molecule has 0 unspecified atom stereocenters. The Morgan fingerprint density at radius 3 is 2.70 bits per heavy atom. The van der Waals surface area contributed by atoms with Gasteiger partial charge in [-0.05, 0) is 52.7 Å². The predicted molar refractivity (Wildman–Crippen MR) is 110 cm³/mol. The van der Waals surface area contributed by atoms with Crippen molar-refractivity contribution in [2.45, 2.75) is 13.5 Å². The van der Waals surface area contributed by atoms with Crippen LogP contribution in [0.1, 0.15) is 21.5 Å². The van der Waals surface area contributed by atoms with E-state index >= 15 is 0 Å². The summed E-state index contributed by atoms with van der Waals surface area (Å²) in [6.07, 6.45) is 1.72. The maximum Gasteiger partial charge on any atom is 0.336 e. The average molecular weight is 448 g/mol. The lowest BCUT2D eigenvalue weighted by Gasteiger charge is -2.12. The van der Waals surface area contributed by atoms with E-state index in [-0.39, 0.29) is 5.56 Å². The molecule has 0 aliphatic carbocycles. The Morgan fingerprint density at radius 2 is 2.00 bits per heavy atom. The van der Waals surface area contributed by atoms with Crippen molar-refractivity contribution in [2.24, 2.45) is 0 Å². The van der Waals surface area contributed by atoms with Gasteiger partial charge in [0.15, 0.2) is 0 Å². The first kappa shape index (κ1) is 19.1. The Labute approximate surface area is 169 Å². The molecule has 0 aliphatic rings. The van der Waals surface area contributed by atoms with Crippen LogP contribution in [0.4, 0.5) is 17.5 Å². The van der Waals surface area contributed by atoms with Gasteiger partial charge in [0.2, 0.25) is 5.95 Å². The summed E-state index contributed by atoms with van der Waals surface area (Å²) in [5.74, 6) is 0.0697. The highest BCUT2D eigenvalue weighted by atomic mass is 79.9. The average Bonchev–Trinajstić information content (AvgIpc) is 2.65. The smallest absolute Gasteiger partial charge is 0.336 e. The SMILES string of the molecule is Cc1cnc(NCc2cc(Cl)c(Br)c(C(=O)O)c2)nc1Nc1ccccc1. The number of anilines is 3. The van der Waals surface area contributed by atoms with Gasteiger partial charge in [0.05, 0.1) is 15.1 Å². The number of aromatic nitrogens is 2. The molecule has 0 radical (unpaired) electrons. The van der Waals surface area contributed by atoms with Crippen LogP contribution in [-0.2, 0) is 6.54 Å². The van der Waals surface area contributed by atoms with Gasteiger partial charge in [-0.2, -0.15) is 4.98 Å². The summed E-state index contributed by atoms with van der Waals surface area (Å²) < 4.78 is 0.362. The van der Waals surface area contributed by atoms with Crippen LogP contribution in [0.15, 0.2) is 53.1 Å². The summed E-state index contributed by atoms with van der Waals surface area (Å²) in [6.45, 7) is 2.25. The van der Waals surface area contributed by atoms with E-state index < -0.39 is 5.97 Å². The first-order valence-corrected chi connectivity index (χ1v) is 9.22. The standard InChI is InChI=1S/C19H16BrClN4O2/c1-11-9-22-19(25-17(11)24-13-5-3-2-4-6-13)23-10-12-7-14(18(26)27)16(20)15(21)8-12/h2-9H,10H2,1H3,(H,26,27)(H2,22,23,24,25). The van der Waals surface area contributed by atoms with E-state index in [2.05, 4.69) is 36.5 Å². The zero-order valence-corrected chi connectivity index (χ0v) is 16.7. The summed E-state index contributed by atoms with van der Waals surface area (Å²) in [7, 11) is 0. The van der Waals surface area contributed by atoms with E-state index in [4.69, 9.17) is 11.6 Å². The van der Waals surface area contributed by atoms with E-state index in [1.165, 1.54) is 0 Å². The second-order valence-corrected chi connectivity index (χ2v) is 7.01. The van der Waals surface area contributed by atoms with Gasteiger partial charge in [-0.25, -0.2) is 9.78 Å². The van der Waals surface area contributed by atoms with Crippen LogP contribution >= 0.6 is 27.5 Å². The molecule has 0 atom stereocenters. The van der Waals surface area contributed by atoms with Crippen molar-refractivity contribution >= 4 is 51.0 Å². The third-order valence-electron chi connectivity index (χ3n) is 3.78. The first-order chi connectivity index (χ1) is 12.9. The van der Waals surface area contributed by atoms with Crippen molar-refractivity contribution in [3.05, 3.63) is 74.8 Å². The molecular weight excluding hydrogens is 432 g/mol. The summed E-state index contributed by atoms with van der Waals surface area (Å²) in [4.78, 5) is 20.1. The second kappa shape index (κ2) is 8.37. The molecule has 1 aromatic heterocycles. The van der Waals surface area contributed by atoms with E-state index in [0.717, 1.165) is 11.3 Å². The number of carboxylic acid groups (broad SMARTS) is 1. The molecule has 0 amide bonds. The molecule has 0 bridgehead atoms. The topological polar surface area (TPSA) is 87.1 Å². The minimum Gasteiger partial charge on any atom is -0.478 e. The minimum absolute atomic E-state index is 0.107. The normalized spacial score (nSPS) is 10.5. The lowest BCUT2D eigenvalue weighted by atomic mass is 10.1. The molecule has 27 heavy (non-hydrogen) atoms. The number of carbonyl (C=O) groups is 1. The second-order valence-electron chi connectivity index (χ2n) is 5.81. The van der Waals surface area contributed by atoms with Crippen LogP contribution in [0.5, 0.6) is 0 Å². The van der Waals surface area contributed by atoms with Crippen molar-refractivity contribution in [3.8, 4) is 0 Å². The van der Waals surface area contributed by atoms with Crippen LogP contribution in [-0.4, -0.2) is 21.0 Å². The summed E-state index contributed by atoms with van der Waals surface area (Å²) in [5, 5.41) is 16.0. The fourth-order valence-corrected chi connectivity index (χ4v) is 3.04. The molecular formula is C19H16BrClN4O2. The van der Waals surface area contributed by atoms with Crippen LogP contribution in [0, 0.1) is 6.92 Å². The maximum atomic E-state index is 11.3. The fraction of sp³-hybridized carbons (Fsp3) is 0.105. The molecule has 1 heterocycles. The van der Waals surface area contributed by atoms with Crippen LogP contribution < -0.4 is 10.6 Å². The number of carboxylic acids is 1. The Kier molecular flexibility index (Phi) is 5.93. The van der Waals surface area contributed by atoms with Crippen molar-refractivity contribution < 1.29 is 9.90 Å². The fourth-order valence-electron chi connectivity index (χ4n) is 2.40. The number of aromatic carboxylic acids is 1. The van der Waals surface area contributed by atoms with Gasteiger partial charge in [0, 0.05) is 24.0 Å². The molecule has 6 nitrogen and oxygen atoms in total. The number of benzene rings is 2. The van der Waals surface area contributed by atoms with Crippen LogP contribution in [0.25, 0.3) is 0 Å². The van der Waals surface area contributed by atoms with E-state index in [9.17, 15) is 9.90 Å². The lowest BCUT2D eigenvalue weighted by molar-refractivity contribution is 0.0695. The van der Waals surface area contributed by atoms with Crippen LogP contribution in [0.2, 0.25) is 5.02 Å². The number of rotatable bonds is 6. The molecule has 3 aromatic rings. The molecule has 0 spiro atoms. The highest BCUT2D eigenvalue weighted by molar-refractivity contribution is 9.10. The lowest BCUT2D eigenvalue weighted by Crippen LogP contribution is -2.08. The molecule has 0 saturated carbocycles. The van der Waals surface area contributed by atoms with Gasteiger partial charge in [-0.1, -0.05) is 29.8 Å². The molecule has 138 valence electrons. The van der Waals surface area contributed by atoms with Gasteiger partial charge in [-0.3, -0.25) is 0 Å². The first-order valence-electron chi connectivity index (χ1n) is 8.05. The zero-order chi connectivity index (χ0) is 19.4. The van der Waals surface area contributed by atoms with Crippen LogP contribution in [0.3, 0.4) is 0 Å². The van der Waals surface area contributed by atoms with Gasteiger partial charge in [0.25, 0.3) is 0 Å². The van der Waals surface area contributed by atoms with Crippen molar-refractivity contribution in [2.75, 3.05) is 10.6 Å². The highest BCUT2D eigenvalue weighted by Crippen LogP contribution is 2.28. The third-order valence-corrected chi connectivity index (χ3v) is 5.16. The predicted octanol–water partition coefficient (Wildman–Crippen LogP) is 5.25. The Morgan fingerprint density at radius 1 is 1.26 bits per heavy atom. The van der Waals surface area contributed by atoms with Crippen molar-refractivity contribution in [3.63, 3.8) is 0 Å². The minimum atomic E-state index is -1.05. The highest BCUT2D eigenvalue weighted by Gasteiger charge is 2.13. The Hall–Kier alpha value is -2.64. The van der Waals surface area contributed by atoms with Gasteiger partial charge >= 0.3 is 5.97 Å². The zero-order valence-electron chi connectivity index (χ0n) is 14.3. The third kappa shape index (κ3) is 4.75. The van der Waals surface area contributed by atoms with E-state index in [0.29, 0.717) is 33.4 Å². The number of nitrogens with one attached hydrogen (secondary N) is 2. The van der Waals surface area contributed by atoms with Gasteiger partial charge in [-0.15, -0.1) is 0 Å². The van der Waals surface area contributed by atoms with Crippen molar-refractivity contribution in [1.82, 2.24) is 9.97 Å². The number of para-hydroxylation sites is 1. The number of hydrogen-bond donors (Lipinski definition) is 3. The molecule has 0 fully saturated rings. The maximum absolute atomic E-state index is 11.3. The van der Waals surface area contributed by atoms with E-state index in [1.807, 2.05) is 37.3 Å². The summed E-state index contributed by atoms with van der Waals surface area (Å²) in [6, 6.07) is 13.0. The quantitative estimate of drug-likeness (QED) is 0.478. The summed E-state index contributed by atoms with van der Waals surface area (Å²) in [5.41, 5.74) is 2.65.